The molecule has 0 fully saturated rings. The fourth-order valence-electron chi connectivity index (χ4n) is 2.65. The van der Waals surface area contributed by atoms with Crippen LogP contribution in [0, 0.1) is 0 Å². The summed E-state index contributed by atoms with van der Waals surface area (Å²) in [4.78, 5) is 13.8. The van der Waals surface area contributed by atoms with Crippen molar-refractivity contribution in [2.75, 3.05) is 32.3 Å². The van der Waals surface area contributed by atoms with E-state index in [2.05, 4.69) is 5.32 Å². The Labute approximate surface area is 119 Å². The standard InChI is InChI=1S/C15H22N2O3/c1-17-14-6-4-3-5-12(14)13(9-15(17)19)16-11(7-8-18)10-20-2/h3-6,11,13,16,18H,7-10H2,1-2H3. The van der Waals surface area contributed by atoms with Gasteiger partial charge in [0.1, 0.15) is 0 Å². The number of aliphatic hydroxyl groups is 1. The smallest absolute Gasteiger partial charge is 0.228 e. The van der Waals surface area contributed by atoms with Crippen LogP contribution in [-0.2, 0) is 9.53 Å². The van der Waals surface area contributed by atoms with Gasteiger partial charge in [0.05, 0.1) is 6.61 Å². The van der Waals surface area contributed by atoms with E-state index in [1.807, 2.05) is 24.3 Å². The number of carbonyl (C=O) groups is 1. The first kappa shape index (κ1) is 15.0. The SMILES string of the molecule is COCC(CCO)NC1CC(=O)N(C)c2ccccc21. The summed E-state index contributed by atoms with van der Waals surface area (Å²) in [6.07, 6.45) is 1.04. The molecule has 0 radical (unpaired) electrons. The predicted octanol–water partition coefficient (Wildman–Crippen LogP) is 1.08. The summed E-state index contributed by atoms with van der Waals surface area (Å²) < 4.78 is 5.17. The van der Waals surface area contributed by atoms with Crippen LogP contribution in [0.5, 0.6) is 0 Å². The minimum atomic E-state index is -0.0263. The maximum absolute atomic E-state index is 12.1. The lowest BCUT2D eigenvalue weighted by molar-refractivity contribution is -0.119. The Morgan fingerprint density at radius 1 is 1.50 bits per heavy atom. The molecule has 0 bridgehead atoms. The highest BCUT2D eigenvalue weighted by Crippen LogP contribution is 2.33. The summed E-state index contributed by atoms with van der Waals surface area (Å²) in [5.41, 5.74) is 2.06. The van der Waals surface area contributed by atoms with Crippen molar-refractivity contribution in [3.8, 4) is 0 Å². The zero-order valence-electron chi connectivity index (χ0n) is 12.0. The van der Waals surface area contributed by atoms with Gasteiger partial charge >= 0.3 is 0 Å². The topological polar surface area (TPSA) is 61.8 Å². The van der Waals surface area contributed by atoms with Crippen molar-refractivity contribution >= 4 is 11.6 Å². The van der Waals surface area contributed by atoms with Crippen LogP contribution in [0.1, 0.15) is 24.4 Å². The van der Waals surface area contributed by atoms with Crippen LogP contribution < -0.4 is 10.2 Å². The fraction of sp³-hybridized carbons (Fsp3) is 0.533. The van der Waals surface area contributed by atoms with Crippen molar-refractivity contribution in [1.29, 1.82) is 0 Å². The number of nitrogens with zero attached hydrogens (tertiary/aromatic N) is 1. The number of methoxy groups -OCH3 is 1. The Bertz CT molecular complexity index is 458. The third kappa shape index (κ3) is 3.17. The number of hydrogen-bond donors (Lipinski definition) is 2. The molecule has 2 rings (SSSR count). The Hall–Kier alpha value is -1.43. The van der Waals surface area contributed by atoms with Crippen molar-refractivity contribution in [2.24, 2.45) is 0 Å². The van der Waals surface area contributed by atoms with Crippen molar-refractivity contribution in [1.82, 2.24) is 5.32 Å². The molecule has 0 spiro atoms. The minimum absolute atomic E-state index is 0.0263. The molecular weight excluding hydrogens is 256 g/mol. The van der Waals surface area contributed by atoms with Crippen LogP contribution in [0.25, 0.3) is 0 Å². The first-order valence-electron chi connectivity index (χ1n) is 6.88. The average molecular weight is 278 g/mol. The average Bonchev–Trinajstić information content (AvgIpc) is 2.45. The molecule has 2 N–H and O–H groups in total. The zero-order chi connectivity index (χ0) is 14.5. The molecule has 2 atom stereocenters. The fourth-order valence-corrected chi connectivity index (χ4v) is 2.65. The maximum atomic E-state index is 12.1. The number of fused-ring (bicyclic) bond motifs is 1. The summed E-state index contributed by atoms with van der Waals surface area (Å²) in [6, 6.07) is 7.93. The van der Waals surface area contributed by atoms with Gasteiger partial charge in [-0.1, -0.05) is 18.2 Å². The molecule has 1 amide bonds. The first-order valence-corrected chi connectivity index (χ1v) is 6.88. The Kier molecular flexibility index (Phi) is 5.11. The van der Waals surface area contributed by atoms with E-state index >= 15 is 0 Å². The third-order valence-corrected chi connectivity index (χ3v) is 3.71. The second-order valence-electron chi connectivity index (χ2n) is 5.10. The molecule has 0 saturated carbocycles. The van der Waals surface area contributed by atoms with Crippen molar-refractivity contribution < 1.29 is 14.6 Å². The molecule has 1 aromatic rings. The number of hydrogen-bond acceptors (Lipinski definition) is 4. The highest BCUT2D eigenvalue weighted by atomic mass is 16.5. The molecule has 1 aromatic carbocycles. The van der Waals surface area contributed by atoms with Gasteiger partial charge in [-0.05, 0) is 18.1 Å². The summed E-state index contributed by atoms with van der Waals surface area (Å²) >= 11 is 0. The van der Waals surface area contributed by atoms with Gasteiger partial charge < -0.3 is 20.1 Å². The van der Waals surface area contributed by atoms with Gasteiger partial charge in [0.15, 0.2) is 0 Å². The third-order valence-electron chi connectivity index (χ3n) is 3.71. The second-order valence-corrected chi connectivity index (χ2v) is 5.10. The van der Waals surface area contributed by atoms with Crippen molar-refractivity contribution in [3.63, 3.8) is 0 Å². The highest BCUT2D eigenvalue weighted by Gasteiger charge is 2.29. The van der Waals surface area contributed by atoms with Crippen LogP contribution in [0.15, 0.2) is 24.3 Å². The van der Waals surface area contributed by atoms with E-state index in [1.54, 1.807) is 19.1 Å². The molecule has 2 unspecified atom stereocenters. The van der Waals surface area contributed by atoms with Gasteiger partial charge in [0.2, 0.25) is 5.91 Å². The summed E-state index contributed by atoms with van der Waals surface area (Å²) in [7, 11) is 3.44. The van der Waals surface area contributed by atoms with Crippen LogP contribution in [0.4, 0.5) is 5.69 Å². The number of anilines is 1. The van der Waals surface area contributed by atoms with Crippen LogP contribution in [0.3, 0.4) is 0 Å². The van der Waals surface area contributed by atoms with E-state index in [0.29, 0.717) is 19.4 Å². The van der Waals surface area contributed by atoms with E-state index in [-0.39, 0.29) is 24.6 Å². The Morgan fingerprint density at radius 2 is 2.25 bits per heavy atom. The van der Waals surface area contributed by atoms with Crippen molar-refractivity contribution in [3.05, 3.63) is 29.8 Å². The predicted molar refractivity (Wildman–Crippen MR) is 77.7 cm³/mol. The van der Waals surface area contributed by atoms with E-state index in [1.165, 1.54) is 0 Å². The summed E-state index contributed by atoms with van der Waals surface area (Å²) in [6.45, 7) is 0.618. The lowest BCUT2D eigenvalue weighted by Crippen LogP contribution is -2.43. The van der Waals surface area contributed by atoms with E-state index in [4.69, 9.17) is 9.84 Å². The number of ether oxygens (including phenoxy) is 1. The number of para-hydroxylation sites is 1. The number of carbonyl (C=O) groups excluding carboxylic acids is 1. The van der Waals surface area contributed by atoms with Crippen LogP contribution in [0.2, 0.25) is 0 Å². The summed E-state index contributed by atoms with van der Waals surface area (Å²) in [5, 5.41) is 12.5. The number of benzene rings is 1. The quantitative estimate of drug-likeness (QED) is 0.817. The van der Waals surface area contributed by atoms with E-state index < -0.39 is 0 Å². The van der Waals surface area contributed by atoms with Gasteiger partial charge in [-0.15, -0.1) is 0 Å². The largest absolute Gasteiger partial charge is 0.396 e. The number of rotatable bonds is 6. The first-order chi connectivity index (χ1) is 9.67. The molecule has 1 heterocycles. The zero-order valence-corrected chi connectivity index (χ0v) is 12.0. The van der Waals surface area contributed by atoms with E-state index in [9.17, 15) is 4.79 Å². The highest BCUT2D eigenvalue weighted by molar-refractivity contribution is 5.96. The lowest BCUT2D eigenvalue weighted by Gasteiger charge is -2.34. The molecule has 1 aliphatic heterocycles. The van der Waals surface area contributed by atoms with Gasteiger partial charge in [-0.25, -0.2) is 0 Å². The molecular formula is C15H22N2O3. The molecule has 1 aliphatic rings. The molecule has 5 heteroatoms. The van der Waals surface area contributed by atoms with E-state index in [0.717, 1.165) is 11.3 Å². The summed E-state index contributed by atoms with van der Waals surface area (Å²) in [5.74, 6) is 0.0985. The number of nitrogens with one attached hydrogen (secondary N) is 1. The number of aliphatic hydroxyl groups excluding tert-OH is 1. The van der Waals surface area contributed by atoms with Gasteiger partial charge in [0.25, 0.3) is 0 Å². The molecule has 0 aliphatic carbocycles. The van der Waals surface area contributed by atoms with Crippen molar-refractivity contribution in [2.45, 2.75) is 24.9 Å². The Morgan fingerprint density at radius 3 is 2.95 bits per heavy atom. The lowest BCUT2D eigenvalue weighted by atomic mass is 9.95. The number of amides is 1. The molecule has 110 valence electrons. The normalized spacial score (nSPS) is 19.9. The molecule has 0 aromatic heterocycles. The monoisotopic (exact) mass is 278 g/mol. The van der Waals surface area contributed by atoms with Gasteiger partial charge in [0, 0.05) is 45.0 Å². The molecule has 20 heavy (non-hydrogen) atoms. The Balaban J connectivity index is 2.19. The van der Waals surface area contributed by atoms with Gasteiger partial charge in [-0.3, -0.25) is 4.79 Å². The van der Waals surface area contributed by atoms with Gasteiger partial charge in [-0.2, -0.15) is 0 Å². The molecule has 5 nitrogen and oxygen atoms in total. The minimum Gasteiger partial charge on any atom is -0.396 e. The van der Waals surface area contributed by atoms with Crippen LogP contribution >= 0.6 is 0 Å². The maximum Gasteiger partial charge on any atom is 0.228 e. The van der Waals surface area contributed by atoms with Crippen LogP contribution in [-0.4, -0.2) is 44.4 Å². The second kappa shape index (κ2) is 6.83. The molecule has 0 saturated heterocycles.